The molecule has 0 aliphatic heterocycles. The molecule has 2 aromatic heterocycles. The van der Waals surface area contributed by atoms with E-state index in [9.17, 15) is 4.79 Å². The second kappa shape index (κ2) is 7.23. The lowest BCUT2D eigenvalue weighted by Gasteiger charge is -2.06. The van der Waals surface area contributed by atoms with E-state index >= 15 is 0 Å². The quantitative estimate of drug-likeness (QED) is 0.841. The summed E-state index contributed by atoms with van der Waals surface area (Å²) in [6.45, 7) is 3.31. The molecule has 5 nitrogen and oxygen atoms in total. The largest absolute Gasteiger partial charge is 0.370 e. The summed E-state index contributed by atoms with van der Waals surface area (Å²) in [5.74, 6) is 0.547. The van der Waals surface area contributed by atoms with Crippen molar-refractivity contribution < 1.29 is 4.79 Å². The van der Waals surface area contributed by atoms with Crippen LogP contribution in [0.15, 0.2) is 42.6 Å². The van der Waals surface area contributed by atoms with Gasteiger partial charge in [-0.1, -0.05) is 12.1 Å². The number of amides is 1. The minimum Gasteiger partial charge on any atom is -0.370 e. The summed E-state index contributed by atoms with van der Waals surface area (Å²) in [5.41, 5.74) is 1.38. The molecule has 2 rings (SSSR count). The van der Waals surface area contributed by atoms with Crippen molar-refractivity contribution in [3.8, 4) is 0 Å². The number of pyridine rings is 2. The fourth-order valence-electron chi connectivity index (χ4n) is 1.78. The molecule has 1 amide bonds. The lowest BCUT2D eigenvalue weighted by molar-refractivity contribution is 0.0949. The van der Waals surface area contributed by atoms with Gasteiger partial charge in [0.05, 0.1) is 0 Å². The summed E-state index contributed by atoms with van der Waals surface area (Å²) >= 11 is 0. The van der Waals surface area contributed by atoms with Gasteiger partial charge in [-0.05, 0) is 31.2 Å². The van der Waals surface area contributed by atoms with Gasteiger partial charge in [0, 0.05) is 31.4 Å². The standard InChI is InChI=1S/C15H18N4O/c1-2-16-14-8-5-7-13(19-14)15(20)18-11-9-12-6-3-4-10-17-12/h3-8,10H,2,9,11H2,1H3,(H,16,19)(H,18,20). The van der Waals surface area contributed by atoms with Crippen LogP contribution in [0.1, 0.15) is 23.1 Å². The Bertz CT molecular complexity index is 557. The Hall–Kier alpha value is -2.43. The molecule has 5 heteroatoms. The number of rotatable bonds is 6. The first kappa shape index (κ1) is 14.0. The number of nitrogens with one attached hydrogen (secondary N) is 2. The minimum absolute atomic E-state index is 0.166. The van der Waals surface area contributed by atoms with Gasteiger partial charge in [-0.25, -0.2) is 4.98 Å². The van der Waals surface area contributed by atoms with Crippen molar-refractivity contribution in [1.82, 2.24) is 15.3 Å². The van der Waals surface area contributed by atoms with Gasteiger partial charge in [0.15, 0.2) is 0 Å². The highest BCUT2D eigenvalue weighted by Gasteiger charge is 2.07. The SMILES string of the molecule is CCNc1cccc(C(=O)NCCc2ccccn2)n1. The summed E-state index contributed by atoms with van der Waals surface area (Å²) in [4.78, 5) is 20.4. The third-order valence-corrected chi connectivity index (χ3v) is 2.73. The number of anilines is 1. The molecular weight excluding hydrogens is 252 g/mol. The highest BCUT2D eigenvalue weighted by molar-refractivity contribution is 5.92. The number of hydrogen-bond donors (Lipinski definition) is 2. The second-order valence-corrected chi connectivity index (χ2v) is 4.27. The fraction of sp³-hybridized carbons (Fsp3) is 0.267. The van der Waals surface area contributed by atoms with Crippen LogP contribution in [0.3, 0.4) is 0 Å². The molecule has 0 aliphatic carbocycles. The molecule has 104 valence electrons. The molecule has 0 aliphatic rings. The fourth-order valence-corrected chi connectivity index (χ4v) is 1.78. The van der Waals surface area contributed by atoms with E-state index in [-0.39, 0.29) is 5.91 Å². The molecule has 0 aromatic carbocycles. The van der Waals surface area contributed by atoms with Crippen LogP contribution < -0.4 is 10.6 Å². The second-order valence-electron chi connectivity index (χ2n) is 4.27. The van der Waals surface area contributed by atoms with Crippen LogP contribution in [-0.2, 0) is 6.42 Å². The van der Waals surface area contributed by atoms with Gasteiger partial charge in [0.25, 0.3) is 5.91 Å². The van der Waals surface area contributed by atoms with Gasteiger partial charge in [-0.2, -0.15) is 0 Å². The summed E-state index contributed by atoms with van der Waals surface area (Å²) in [5, 5.41) is 5.93. The van der Waals surface area contributed by atoms with E-state index in [2.05, 4.69) is 20.6 Å². The maximum Gasteiger partial charge on any atom is 0.269 e. The van der Waals surface area contributed by atoms with E-state index in [1.165, 1.54) is 0 Å². The van der Waals surface area contributed by atoms with Gasteiger partial charge >= 0.3 is 0 Å². The molecule has 20 heavy (non-hydrogen) atoms. The first-order valence-electron chi connectivity index (χ1n) is 6.68. The average Bonchev–Trinajstić information content (AvgIpc) is 2.49. The number of hydrogen-bond acceptors (Lipinski definition) is 4. The van der Waals surface area contributed by atoms with Gasteiger partial charge in [0.2, 0.25) is 0 Å². The highest BCUT2D eigenvalue weighted by Crippen LogP contribution is 2.04. The van der Waals surface area contributed by atoms with Gasteiger partial charge in [-0.3, -0.25) is 9.78 Å². The van der Waals surface area contributed by atoms with Crippen LogP contribution in [0.25, 0.3) is 0 Å². The van der Waals surface area contributed by atoms with Crippen molar-refractivity contribution >= 4 is 11.7 Å². The van der Waals surface area contributed by atoms with E-state index in [0.717, 1.165) is 12.2 Å². The van der Waals surface area contributed by atoms with Crippen LogP contribution in [0.4, 0.5) is 5.82 Å². The summed E-state index contributed by atoms with van der Waals surface area (Å²) in [7, 11) is 0. The molecule has 0 bridgehead atoms. The monoisotopic (exact) mass is 270 g/mol. The summed E-state index contributed by atoms with van der Waals surface area (Å²) in [6, 6.07) is 11.1. The Morgan fingerprint density at radius 2 is 2.10 bits per heavy atom. The van der Waals surface area contributed by atoms with E-state index < -0.39 is 0 Å². The van der Waals surface area contributed by atoms with E-state index in [4.69, 9.17) is 0 Å². The van der Waals surface area contributed by atoms with E-state index in [1.807, 2.05) is 37.3 Å². The maximum atomic E-state index is 12.0. The zero-order valence-corrected chi connectivity index (χ0v) is 11.5. The summed E-state index contributed by atoms with van der Waals surface area (Å²) < 4.78 is 0. The number of nitrogens with zero attached hydrogens (tertiary/aromatic N) is 2. The Balaban J connectivity index is 1.87. The predicted molar refractivity (Wildman–Crippen MR) is 78.7 cm³/mol. The summed E-state index contributed by atoms with van der Waals surface area (Å²) in [6.07, 6.45) is 2.46. The topological polar surface area (TPSA) is 66.9 Å². The van der Waals surface area contributed by atoms with Crippen LogP contribution in [0.5, 0.6) is 0 Å². The molecule has 2 aromatic rings. The van der Waals surface area contributed by atoms with Crippen molar-refractivity contribution in [2.24, 2.45) is 0 Å². The van der Waals surface area contributed by atoms with Crippen molar-refractivity contribution in [2.45, 2.75) is 13.3 Å². The molecule has 2 N–H and O–H groups in total. The van der Waals surface area contributed by atoms with Crippen molar-refractivity contribution in [3.63, 3.8) is 0 Å². The highest BCUT2D eigenvalue weighted by atomic mass is 16.1. The molecule has 0 atom stereocenters. The van der Waals surface area contributed by atoms with Crippen LogP contribution in [0.2, 0.25) is 0 Å². The third kappa shape index (κ3) is 4.05. The van der Waals surface area contributed by atoms with Gasteiger partial charge in [-0.15, -0.1) is 0 Å². The Kier molecular flexibility index (Phi) is 5.06. The molecule has 2 heterocycles. The van der Waals surface area contributed by atoms with Crippen molar-refractivity contribution in [1.29, 1.82) is 0 Å². The zero-order chi connectivity index (χ0) is 14.2. The number of carbonyl (C=O) groups is 1. The van der Waals surface area contributed by atoms with Crippen molar-refractivity contribution in [2.75, 3.05) is 18.4 Å². The minimum atomic E-state index is -0.166. The molecule has 0 unspecified atom stereocenters. The van der Waals surface area contributed by atoms with E-state index in [1.54, 1.807) is 12.3 Å². The van der Waals surface area contributed by atoms with Crippen LogP contribution in [0, 0.1) is 0 Å². The molecule has 0 spiro atoms. The van der Waals surface area contributed by atoms with Crippen LogP contribution in [-0.4, -0.2) is 29.0 Å². The third-order valence-electron chi connectivity index (χ3n) is 2.73. The maximum absolute atomic E-state index is 12.0. The van der Waals surface area contributed by atoms with Crippen molar-refractivity contribution in [3.05, 3.63) is 54.0 Å². The van der Waals surface area contributed by atoms with E-state index in [0.29, 0.717) is 24.5 Å². The number of aromatic nitrogens is 2. The molecule has 0 fully saturated rings. The Morgan fingerprint density at radius 3 is 2.85 bits per heavy atom. The molecular formula is C15H18N4O. The Labute approximate surface area is 118 Å². The van der Waals surface area contributed by atoms with Crippen LogP contribution >= 0.6 is 0 Å². The lowest BCUT2D eigenvalue weighted by Crippen LogP contribution is -2.26. The number of carbonyl (C=O) groups excluding carboxylic acids is 1. The van der Waals surface area contributed by atoms with Gasteiger partial charge in [0.1, 0.15) is 11.5 Å². The predicted octanol–water partition coefficient (Wildman–Crippen LogP) is 1.88. The smallest absolute Gasteiger partial charge is 0.269 e. The van der Waals surface area contributed by atoms with Gasteiger partial charge < -0.3 is 10.6 Å². The zero-order valence-electron chi connectivity index (χ0n) is 11.5. The average molecular weight is 270 g/mol. The molecule has 0 saturated carbocycles. The Morgan fingerprint density at radius 1 is 1.20 bits per heavy atom. The first-order chi connectivity index (χ1) is 9.79. The molecule has 0 saturated heterocycles. The first-order valence-corrected chi connectivity index (χ1v) is 6.68. The molecule has 0 radical (unpaired) electrons. The lowest BCUT2D eigenvalue weighted by atomic mass is 10.2. The normalized spacial score (nSPS) is 10.1.